The summed E-state index contributed by atoms with van der Waals surface area (Å²) in [6, 6.07) is 13.7. The van der Waals surface area contributed by atoms with Gasteiger partial charge >= 0.3 is 0 Å². The summed E-state index contributed by atoms with van der Waals surface area (Å²) in [7, 11) is 0. The van der Waals surface area contributed by atoms with Crippen molar-refractivity contribution in [1.82, 2.24) is 0 Å². The molecule has 0 aliphatic carbocycles. The number of ether oxygens (including phenoxy) is 2. The lowest BCUT2D eigenvalue weighted by Crippen LogP contribution is -2.27. The topological polar surface area (TPSA) is 38.7 Å². The fraction of sp³-hybridized carbons (Fsp3) is 0.613. The van der Waals surface area contributed by atoms with Gasteiger partial charge in [-0.05, 0) is 91.7 Å². The standard InChI is InChI=1S/C31H46O3/c1-8-31(9-2,25-14-12-24(22(3)19-25)13-17-29(32)30(5,6)7)26-15-16-28(23(4)20-26)34-21-27-11-10-18-33-27/h12,14-16,19-20,27,29,32H,8-11,13,17-18,21H2,1-7H3. The van der Waals surface area contributed by atoms with Crippen LogP contribution in [-0.2, 0) is 16.6 Å². The Labute approximate surface area is 207 Å². The van der Waals surface area contributed by atoms with E-state index in [1.807, 2.05) is 0 Å². The second-order valence-electron chi connectivity index (χ2n) is 11.3. The molecule has 0 spiro atoms. The van der Waals surface area contributed by atoms with Crippen LogP contribution in [0, 0.1) is 19.3 Å². The number of aliphatic hydroxyl groups excluding tert-OH is 1. The van der Waals surface area contributed by atoms with Crippen molar-refractivity contribution in [2.75, 3.05) is 13.2 Å². The van der Waals surface area contributed by atoms with Crippen molar-refractivity contribution < 1.29 is 14.6 Å². The number of benzene rings is 2. The molecule has 2 aromatic rings. The van der Waals surface area contributed by atoms with Crippen LogP contribution in [-0.4, -0.2) is 30.5 Å². The Morgan fingerprint density at radius 1 is 1.00 bits per heavy atom. The highest BCUT2D eigenvalue weighted by Crippen LogP contribution is 2.41. The molecule has 2 unspecified atom stereocenters. The van der Waals surface area contributed by atoms with Gasteiger partial charge in [-0.1, -0.05) is 65.0 Å². The Morgan fingerprint density at radius 3 is 2.18 bits per heavy atom. The van der Waals surface area contributed by atoms with E-state index in [9.17, 15) is 5.11 Å². The molecule has 3 heteroatoms. The molecule has 1 aliphatic rings. The summed E-state index contributed by atoms with van der Waals surface area (Å²) in [6.45, 7) is 16.8. The first kappa shape index (κ1) is 26.8. The zero-order chi connectivity index (χ0) is 24.9. The van der Waals surface area contributed by atoms with E-state index in [1.54, 1.807) is 0 Å². The molecule has 2 aromatic carbocycles. The Bertz CT molecular complexity index is 930. The Balaban J connectivity index is 1.81. The number of rotatable bonds is 10. The first-order valence-electron chi connectivity index (χ1n) is 13.2. The highest BCUT2D eigenvalue weighted by Gasteiger charge is 2.31. The van der Waals surface area contributed by atoms with Crippen molar-refractivity contribution in [3.63, 3.8) is 0 Å². The maximum atomic E-state index is 10.5. The first-order valence-corrected chi connectivity index (χ1v) is 13.2. The molecule has 0 bridgehead atoms. The van der Waals surface area contributed by atoms with Gasteiger partial charge in [-0.25, -0.2) is 0 Å². The van der Waals surface area contributed by atoms with E-state index in [0.29, 0.717) is 6.61 Å². The summed E-state index contributed by atoms with van der Waals surface area (Å²) in [4.78, 5) is 0. The largest absolute Gasteiger partial charge is 0.491 e. The molecule has 3 nitrogen and oxygen atoms in total. The highest BCUT2D eigenvalue weighted by atomic mass is 16.5. The predicted molar refractivity (Wildman–Crippen MR) is 142 cm³/mol. The van der Waals surface area contributed by atoms with Gasteiger partial charge in [0.1, 0.15) is 12.4 Å². The van der Waals surface area contributed by atoms with Crippen molar-refractivity contribution in [1.29, 1.82) is 0 Å². The molecule has 0 radical (unpaired) electrons. The van der Waals surface area contributed by atoms with E-state index in [2.05, 4.69) is 84.9 Å². The molecule has 0 amide bonds. The van der Waals surface area contributed by atoms with Crippen LogP contribution in [0.5, 0.6) is 5.75 Å². The lowest BCUT2D eigenvalue weighted by atomic mass is 9.69. The molecule has 1 N–H and O–H groups in total. The number of hydrogen-bond donors (Lipinski definition) is 1. The number of aryl methyl sites for hydroxylation is 3. The van der Waals surface area contributed by atoms with Crippen LogP contribution < -0.4 is 4.74 Å². The van der Waals surface area contributed by atoms with E-state index in [0.717, 1.165) is 50.9 Å². The summed E-state index contributed by atoms with van der Waals surface area (Å²) >= 11 is 0. The van der Waals surface area contributed by atoms with Crippen LogP contribution in [0.15, 0.2) is 36.4 Å². The molecule has 1 aliphatic heterocycles. The van der Waals surface area contributed by atoms with Crippen LogP contribution in [0.2, 0.25) is 0 Å². The smallest absolute Gasteiger partial charge is 0.122 e. The molecule has 0 aromatic heterocycles. The maximum absolute atomic E-state index is 10.5. The van der Waals surface area contributed by atoms with Crippen LogP contribution in [0.3, 0.4) is 0 Å². The monoisotopic (exact) mass is 466 g/mol. The SMILES string of the molecule is CCC(CC)(c1ccc(CCC(O)C(C)(C)C)c(C)c1)c1ccc(OCC2CCCO2)c(C)c1. The molecule has 2 atom stereocenters. The van der Waals surface area contributed by atoms with Crippen LogP contribution in [0.25, 0.3) is 0 Å². The average molecular weight is 467 g/mol. The summed E-state index contributed by atoms with van der Waals surface area (Å²) in [5.41, 5.74) is 6.47. The quantitative estimate of drug-likeness (QED) is 0.399. The minimum absolute atomic E-state index is 0.0218. The normalized spacial score (nSPS) is 17.7. The van der Waals surface area contributed by atoms with Crippen molar-refractivity contribution in [2.24, 2.45) is 5.41 Å². The molecule has 188 valence electrons. The third-order valence-electron chi connectivity index (χ3n) is 7.97. The minimum atomic E-state index is -0.291. The van der Waals surface area contributed by atoms with Gasteiger partial charge in [0.2, 0.25) is 0 Å². The average Bonchev–Trinajstić information content (AvgIpc) is 3.32. The van der Waals surface area contributed by atoms with E-state index in [4.69, 9.17) is 9.47 Å². The zero-order valence-electron chi connectivity index (χ0n) is 22.5. The second-order valence-corrected chi connectivity index (χ2v) is 11.3. The van der Waals surface area contributed by atoms with Crippen molar-refractivity contribution in [3.8, 4) is 5.75 Å². The van der Waals surface area contributed by atoms with Gasteiger partial charge in [0.05, 0.1) is 12.2 Å². The summed E-state index contributed by atoms with van der Waals surface area (Å²) in [5.74, 6) is 0.962. The van der Waals surface area contributed by atoms with E-state index in [-0.39, 0.29) is 23.0 Å². The Morgan fingerprint density at radius 2 is 1.65 bits per heavy atom. The maximum Gasteiger partial charge on any atom is 0.122 e. The van der Waals surface area contributed by atoms with E-state index >= 15 is 0 Å². The number of hydrogen-bond acceptors (Lipinski definition) is 3. The Kier molecular flexibility index (Phi) is 8.87. The van der Waals surface area contributed by atoms with Gasteiger partial charge in [-0.2, -0.15) is 0 Å². The van der Waals surface area contributed by atoms with Gasteiger partial charge in [-0.3, -0.25) is 0 Å². The van der Waals surface area contributed by atoms with E-state index in [1.165, 1.54) is 27.8 Å². The van der Waals surface area contributed by atoms with E-state index < -0.39 is 0 Å². The zero-order valence-corrected chi connectivity index (χ0v) is 22.5. The molecule has 34 heavy (non-hydrogen) atoms. The molecular weight excluding hydrogens is 420 g/mol. The Hall–Kier alpha value is -1.84. The molecule has 3 rings (SSSR count). The third kappa shape index (κ3) is 6.04. The van der Waals surface area contributed by atoms with Crippen LogP contribution >= 0.6 is 0 Å². The fourth-order valence-electron chi connectivity index (χ4n) is 5.30. The lowest BCUT2D eigenvalue weighted by Gasteiger charge is -2.34. The van der Waals surface area contributed by atoms with Crippen molar-refractivity contribution >= 4 is 0 Å². The summed E-state index contributed by atoms with van der Waals surface area (Å²) < 4.78 is 11.8. The van der Waals surface area contributed by atoms with Gasteiger partial charge < -0.3 is 14.6 Å². The van der Waals surface area contributed by atoms with Crippen LogP contribution in [0.4, 0.5) is 0 Å². The molecular formula is C31H46O3. The fourth-order valence-corrected chi connectivity index (χ4v) is 5.30. The predicted octanol–water partition coefficient (Wildman–Crippen LogP) is 7.31. The van der Waals surface area contributed by atoms with Gasteiger partial charge in [0, 0.05) is 12.0 Å². The van der Waals surface area contributed by atoms with Gasteiger partial charge in [-0.15, -0.1) is 0 Å². The minimum Gasteiger partial charge on any atom is -0.491 e. The lowest BCUT2D eigenvalue weighted by molar-refractivity contribution is 0.0560. The van der Waals surface area contributed by atoms with Crippen molar-refractivity contribution in [3.05, 3.63) is 64.2 Å². The number of aliphatic hydroxyl groups is 1. The third-order valence-corrected chi connectivity index (χ3v) is 7.97. The highest BCUT2D eigenvalue weighted by molar-refractivity contribution is 5.47. The molecule has 0 saturated carbocycles. The molecule has 1 heterocycles. The summed E-state index contributed by atoms with van der Waals surface area (Å²) in [6.07, 6.45) is 5.96. The van der Waals surface area contributed by atoms with Crippen LogP contribution in [0.1, 0.15) is 94.5 Å². The van der Waals surface area contributed by atoms with Gasteiger partial charge in [0.25, 0.3) is 0 Å². The summed E-state index contributed by atoms with van der Waals surface area (Å²) in [5, 5.41) is 10.5. The first-order chi connectivity index (χ1) is 16.1. The second kappa shape index (κ2) is 11.3. The molecule has 1 saturated heterocycles. The van der Waals surface area contributed by atoms with Crippen molar-refractivity contribution in [2.45, 2.75) is 105 Å². The van der Waals surface area contributed by atoms with Gasteiger partial charge in [0.15, 0.2) is 0 Å². The molecule has 1 fully saturated rings.